The number of hydrogen-bond acceptors (Lipinski definition) is 5. The number of amides is 2. The predicted molar refractivity (Wildman–Crippen MR) is 121 cm³/mol. The Balaban J connectivity index is 1.59. The van der Waals surface area contributed by atoms with E-state index in [-0.39, 0.29) is 5.91 Å². The van der Waals surface area contributed by atoms with Crippen molar-refractivity contribution in [3.63, 3.8) is 0 Å². The lowest BCUT2D eigenvalue weighted by Gasteiger charge is -2.09. The molecule has 0 bridgehead atoms. The Kier molecular flexibility index (Phi) is 7.74. The zero-order valence-electron chi connectivity index (χ0n) is 16.6. The van der Waals surface area contributed by atoms with Crippen LogP contribution in [0.5, 0.6) is 5.75 Å². The van der Waals surface area contributed by atoms with Gasteiger partial charge in [-0.15, -0.1) is 11.3 Å². The molecule has 0 aliphatic rings. The lowest BCUT2D eigenvalue weighted by molar-refractivity contribution is 0.0956. The molecule has 0 aliphatic carbocycles. The molecule has 3 rings (SSSR count). The molecule has 0 saturated carbocycles. The van der Waals surface area contributed by atoms with Crippen LogP contribution in [0.3, 0.4) is 0 Å². The van der Waals surface area contributed by atoms with Gasteiger partial charge in [0, 0.05) is 0 Å². The fourth-order valence-electron chi connectivity index (χ4n) is 2.59. The first-order chi connectivity index (χ1) is 14.7. The van der Waals surface area contributed by atoms with Crippen molar-refractivity contribution in [2.45, 2.75) is 19.8 Å². The normalized spacial score (nSPS) is 10.7. The molecule has 30 heavy (non-hydrogen) atoms. The predicted octanol–water partition coefficient (Wildman–Crippen LogP) is 4.94. The van der Waals surface area contributed by atoms with Gasteiger partial charge in [0.2, 0.25) is 0 Å². The Morgan fingerprint density at radius 3 is 2.57 bits per heavy atom. The smallest absolute Gasteiger partial charge is 0.273 e. The number of carbonyl (C=O) groups excluding carboxylic acids is 2. The zero-order chi connectivity index (χ0) is 21.2. The van der Waals surface area contributed by atoms with Gasteiger partial charge in [-0.3, -0.25) is 9.59 Å². The zero-order valence-corrected chi connectivity index (χ0v) is 17.4. The van der Waals surface area contributed by atoms with Crippen molar-refractivity contribution in [1.29, 1.82) is 0 Å². The summed E-state index contributed by atoms with van der Waals surface area (Å²) in [6.07, 6.45) is 3.66. The molecule has 2 N–H and O–H groups in total. The minimum absolute atomic E-state index is 0.255. The van der Waals surface area contributed by atoms with Crippen molar-refractivity contribution in [3.05, 3.63) is 82.0 Å². The number of unbranched alkanes of at least 4 members (excludes halogenated alkanes) is 1. The number of benzene rings is 2. The van der Waals surface area contributed by atoms with Crippen LogP contribution in [0.4, 0.5) is 5.69 Å². The van der Waals surface area contributed by atoms with Crippen LogP contribution in [-0.2, 0) is 0 Å². The van der Waals surface area contributed by atoms with Gasteiger partial charge in [0.25, 0.3) is 11.8 Å². The standard InChI is InChI=1S/C23H23N3O3S/c1-2-3-14-29-18-12-10-17(11-13-18)16-24-26-22(27)19-7-4-5-8-20(19)25-23(28)21-9-6-15-30-21/h4-13,15-16H,2-3,14H2,1H3,(H,25,28)(H,26,27)/b24-16-. The summed E-state index contributed by atoms with van der Waals surface area (Å²) in [5.41, 5.74) is 4.09. The molecule has 1 heterocycles. The van der Waals surface area contributed by atoms with Gasteiger partial charge in [-0.25, -0.2) is 5.43 Å². The van der Waals surface area contributed by atoms with Crippen molar-refractivity contribution in [3.8, 4) is 5.75 Å². The summed E-state index contributed by atoms with van der Waals surface area (Å²) >= 11 is 1.34. The van der Waals surface area contributed by atoms with Gasteiger partial charge in [0.05, 0.1) is 28.9 Å². The molecular formula is C23H23N3O3S. The van der Waals surface area contributed by atoms with Crippen molar-refractivity contribution in [2.24, 2.45) is 5.10 Å². The number of rotatable bonds is 9. The van der Waals surface area contributed by atoms with Gasteiger partial charge in [0.15, 0.2) is 0 Å². The van der Waals surface area contributed by atoms with E-state index in [1.54, 1.807) is 42.6 Å². The summed E-state index contributed by atoms with van der Waals surface area (Å²) < 4.78 is 5.63. The van der Waals surface area contributed by atoms with Gasteiger partial charge >= 0.3 is 0 Å². The van der Waals surface area contributed by atoms with E-state index in [0.717, 1.165) is 24.2 Å². The third-order valence-electron chi connectivity index (χ3n) is 4.19. The van der Waals surface area contributed by atoms with Gasteiger partial charge in [-0.2, -0.15) is 5.10 Å². The highest BCUT2D eigenvalue weighted by Crippen LogP contribution is 2.18. The first-order valence-electron chi connectivity index (χ1n) is 9.67. The van der Waals surface area contributed by atoms with Gasteiger partial charge in [-0.1, -0.05) is 31.5 Å². The van der Waals surface area contributed by atoms with Gasteiger partial charge < -0.3 is 10.1 Å². The number of para-hydroxylation sites is 1. The molecular weight excluding hydrogens is 398 g/mol. The number of carbonyl (C=O) groups is 2. The Hall–Kier alpha value is -3.45. The van der Waals surface area contributed by atoms with Crippen LogP contribution in [0.2, 0.25) is 0 Å². The molecule has 0 spiro atoms. The maximum atomic E-state index is 12.5. The summed E-state index contributed by atoms with van der Waals surface area (Å²) in [6.45, 7) is 2.82. The highest BCUT2D eigenvalue weighted by atomic mass is 32.1. The Bertz CT molecular complexity index is 999. The van der Waals surface area contributed by atoms with Gasteiger partial charge in [-0.05, 0) is 59.8 Å². The maximum Gasteiger partial charge on any atom is 0.273 e. The van der Waals surface area contributed by atoms with E-state index in [2.05, 4.69) is 22.8 Å². The Labute approximate surface area is 179 Å². The molecule has 2 amide bonds. The topological polar surface area (TPSA) is 79.8 Å². The lowest BCUT2D eigenvalue weighted by atomic mass is 10.1. The second-order valence-corrected chi connectivity index (χ2v) is 7.39. The van der Waals surface area contributed by atoms with Crippen molar-refractivity contribution in [2.75, 3.05) is 11.9 Å². The number of nitrogens with one attached hydrogen (secondary N) is 2. The summed E-state index contributed by atoms with van der Waals surface area (Å²) in [7, 11) is 0. The average molecular weight is 422 g/mol. The summed E-state index contributed by atoms with van der Waals surface area (Å²) in [5.74, 6) is 0.142. The van der Waals surface area contributed by atoms with Crippen LogP contribution in [0.15, 0.2) is 71.1 Å². The first kappa shape index (κ1) is 21.3. The van der Waals surface area contributed by atoms with Crippen molar-refractivity contribution < 1.29 is 14.3 Å². The highest BCUT2D eigenvalue weighted by molar-refractivity contribution is 7.12. The molecule has 0 fully saturated rings. The molecule has 154 valence electrons. The number of thiophene rings is 1. The Morgan fingerprint density at radius 1 is 1.03 bits per heavy atom. The third-order valence-corrected chi connectivity index (χ3v) is 5.06. The van der Waals surface area contributed by atoms with E-state index in [4.69, 9.17) is 4.74 Å². The third kappa shape index (κ3) is 6.02. The molecule has 0 unspecified atom stereocenters. The second-order valence-electron chi connectivity index (χ2n) is 6.45. The number of nitrogens with zero attached hydrogens (tertiary/aromatic N) is 1. The molecule has 7 heteroatoms. The Morgan fingerprint density at radius 2 is 1.83 bits per heavy atom. The van der Waals surface area contributed by atoms with Crippen LogP contribution in [0, 0.1) is 0 Å². The lowest BCUT2D eigenvalue weighted by Crippen LogP contribution is -2.21. The van der Waals surface area contributed by atoms with Crippen LogP contribution in [0.25, 0.3) is 0 Å². The van der Waals surface area contributed by atoms with E-state index in [1.807, 2.05) is 29.6 Å². The van der Waals surface area contributed by atoms with E-state index in [9.17, 15) is 9.59 Å². The number of hydrogen-bond donors (Lipinski definition) is 2. The summed E-state index contributed by atoms with van der Waals surface area (Å²) in [4.78, 5) is 25.4. The molecule has 0 saturated heterocycles. The van der Waals surface area contributed by atoms with E-state index < -0.39 is 5.91 Å². The van der Waals surface area contributed by atoms with E-state index >= 15 is 0 Å². The van der Waals surface area contributed by atoms with Crippen LogP contribution in [-0.4, -0.2) is 24.6 Å². The molecule has 6 nitrogen and oxygen atoms in total. The molecule has 0 aliphatic heterocycles. The minimum atomic E-state index is -0.409. The SMILES string of the molecule is CCCCOc1ccc(/C=N\NC(=O)c2ccccc2NC(=O)c2cccs2)cc1. The van der Waals surface area contributed by atoms with Gasteiger partial charge in [0.1, 0.15) is 5.75 Å². The fraction of sp³-hybridized carbons (Fsp3) is 0.174. The molecule has 2 aromatic carbocycles. The summed E-state index contributed by atoms with van der Waals surface area (Å²) in [6, 6.07) is 17.8. The number of anilines is 1. The number of ether oxygens (including phenoxy) is 1. The molecule has 0 atom stereocenters. The largest absolute Gasteiger partial charge is 0.494 e. The second kappa shape index (κ2) is 10.9. The average Bonchev–Trinajstić information content (AvgIpc) is 3.30. The molecule has 0 radical (unpaired) electrons. The van der Waals surface area contributed by atoms with Crippen molar-refractivity contribution in [1.82, 2.24) is 5.43 Å². The fourth-order valence-corrected chi connectivity index (χ4v) is 3.21. The van der Waals surface area contributed by atoms with Crippen LogP contribution < -0.4 is 15.5 Å². The van der Waals surface area contributed by atoms with Crippen LogP contribution in [0.1, 0.15) is 45.4 Å². The van der Waals surface area contributed by atoms with Crippen molar-refractivity contribution >= 4 is 35.1 Å². The van der Waals surface area contributed by atoms with Crippen LogP contribution >= 0.6 is 11.3 Å². The maximum absolute atomic E-state index is 12.5. The monoisotopic (exact) mass is 421 g/mol. The quantitative estimate of drug-likeness (QED) is 0.292. The molecule has 1 aromatic heterocycles. The highest BCUT2D eigenvalue weighted by Gasteiger charge is 2.14. The summed E-state index contributed by atoms with van der Waals surface area (Å²) in [5, 5.41) is 8.62. The van der Waals surface area contributed by atoms with E-state index in [1.165, 1.54) is 11.3 Å². The first-order valence-corrected chi connectivity index (χ1v) is 10.6. The molecule has 3 aromatic rings. The minimum Gasteiger partial charge on any atom is -0.494 e. The van der Waals surface area contributed by atoms with E-state index in [0.29, 0.717) is 22.7 Å². The number of hydrazone groups is 1.